The van der Waals surface area contributed by atoms with Gasteiger partial charge in [-0.3, -0.25) is 4.79 Å². The Hall–Kier alpha value is -2.94. The van der Waals surface area contributed by atoms with Crippen LogP contribution in [-0.2, 0) is 12.7 Å². The van der Waals surface area contributed by atoms with Crippen LogP contribution < -0.4 is 0 Å². The molecule has 10 heteroatoms. The number of aryl methyl sites for hydroxylation is 1. The highest BCUT2D eigenvalue weighted by molar-refractivity contribution is 6.34. The van der Waals surface area contributed by atoms with Crippen molar-refractivity contribution in [3.8, 4) is 0 Å². The van der Waals surface area contributed by atoms with E-state index in [0.29, 0.717) is 23.8 Å². The number of hydrogen-bond donors (Lipinski definition) is 0. The summed E-state index contributed by atoms with van der Waals surface area (Å²) in [4.78, 5) is 14.7. The lowest BCUT2D eigenvalue weighted by Crippen LogP contribution is -2.43. The molecule has 0 N–H and O–H groups in total. The minimum atomic E-state index is -4.69. The molecule has 5 nitrogen and oxygen atoms in total. The number of aromatic nitrogens is 3. The van der Waals surface area contributed by atoms with Gasteiger partial charge < -0.3 is 9.47 Å². The molecule has 1 aromatic heterocycles. The summed E-state index contributed by atoms with van der Waals surface area (Å²) in [6, 6.07) is 7.99. The summed E-state index contributed by atoms with van der Waals surface area (Å²) in [5, 5.41) is 7.55. The molecule has 0 saturated carbocycles. The first-order valence-electron chi connectivity index (χ1n) is 9.00. The van der Waals surface area contributed by atoms with Crippen molar-refractivity contribution in [2.75, 3.05) is 6.54 Å². The molecule has 1 atom stereocenters. The zero-order chi connectivity index (χ0) is 21.6. The van der Waals surface area contributed by atoms with Crippen molar-refractivity contribution in [1.29, 1.82) is 0 Å². The molecule has 2 aromatic carbocycles. The normalized spacial score (nSPS) is 16.5. The molecule has 30 heavy (non-hydrogen) atoms. The fraction of sp³-hybridized carbons (Fsp3) is 0.250. The largest absolute Gasteiger partial charge is 0.417 e. The van der Waals surface area contributed by atoms with Crippen molar-refractivity contribution in [3.05, 3.63) is 81.6 Å². The highest BCUT2D eigenvalue weighted by Gasteiger charge is 2.39. The number of benzene rings is 2. The van der Waals surface area contributed by atoms with Crippen LogP contribution in [0.15, 0.2) is 42.5 Å². The Bertz CT molecular complexity index is 1110. The number of fused-ring (bicyclic) bond motifs is 1. The van der Waals surface area contributed by atoms with Gasteiger partial charge in [0.25, 0.3) is 5.91 Å². The summed E-state index contributed by atoms with van der Waals surface area (Å²) in [6.45, 7) is 2.33. The number of carbonyl (C=O) groups excluding carboxylic acids is 1. The van der Waals surface area contributed by atoms with Crippen LogP contribution in [0.1, 0.15) is 39.2 Å². The summed E-state index contributed by atoms with van der Waals surface area (Å²) in [5.74, 6) is -0.0403. The Morgan fingerprint density at radius 2 is 1.80 bits per heavy atom. The molecule has 0 fully saturated rings. The molecule has 0 radical (unpaired) electrons. The average Bonchev–Trinajstić information content (AvgIpc) is 3.08. The Labute approximate surface area is 173 Å². The van der Waals surface area contributed by atoms with Gasteiger partial charge in [0.15, 0.2) is 5.82 Å². The monoisotopic (exact) mass is 438 g/mol. The predicted octanol–water partition coefficient (Wildman–Crippen LogP) is 4.64. The third-order valence-electron chi connectivity index (χ3n) is 5.07. The fourth-order valence-corrected chi connectivity index (χ4v) is 3.93. The van der Waals surface area contributed by atoms with E-state index in [0.717, 1.165) is 12.1 Å². The first-order valence-corrected chi connectivity index (χ1v) is 9.38. The van der Waals surface area contributed by atoms with Gasteiger partial charge in [-0.15, -0.1) is 10.2 Å². The van der Waals surface area contributed by atoms with Crippen molar-refractivity contribution >= 4 is 17.5 Å². The van der Waals surface area contributed by atoms with Gasteiger partial charge in [-0.05, 0) is 36.8 Å². The van der Waals surface area contributed by atoms with Crippen molar-refractivity contribution in [2.24, 2.45) is 0 Å². The topological polar surface area (TPSA) is 51.0 Å². The van der Waals surface area contributed by atoms with E-state index in [9.17, 15) is 22.4 Å². The SMILES string of the molecule is Cc1nnc2n1CCN(C(=O)c1cccc(C(F)(F)F)c1Cl)[C@H]2c1ccc(F)cc1. The number of rotatable bonds is 2. The van der Waals surface area contributed by atoms with E-state index in [4.69, 9.17) is 11.6 Å². The van der Waals surface area contributed by atoms with Gasteiger partial charge in [-0.25, -0.2) is 4.39 Å². The summed E-state index contributed by atoms with van der Waals surface area (Å²) < 4.78 is 55.0. The Morgan fingerprint density at radius 3 is 2.47 bits per heavy atom. The Kier molecular flexibility index (Phi) is 5.01. The highest BCUT2D eigenvalue weighted by Crippen LogP contribution is 2.38. The molecule has 0 spiro atoms. The summed E-state index contributed by atoms with van der Waals surface area (Å²) in [5.41, 5.74) is -0.783. The van der Waals surface area contributed by atoms with Gasteiger partial charge in [0.05, 0.1) is 16.1 Å². The smallest absolute Gasteiger partial charge is 0.322 e. The maximum Gasteiger partial charge on any atom is 0.417 e. The van der Waals surface area contributed by atoms with Crippen LogP contribution in [0.2, 0.25) is 5.02 Å². The van der Waals surface area contributed by atoms with Gasteiger partial charge >= 0.3 is 6.18 Å². The zero-order valence-corrected chi connectivity index (χ0v) is 16.4. The van der Waals surface area contributed by atoms with Crippen LogP contribution in [0.25, 0.3) is 0 Å². The first-order chi connectivity index (χ1) is 14.2. The van der Waals surface area contributed by atoms with Crippen LogP contribution >= 0.6 is 11.6 Å². The average molecular weight is 439 g/mol. The van der Waals surface area contributed by atoms with Gasteiger partial charge in [0.2, 0.25) is 0 Å². The van der Waals surface area contributed by atoms with Crippen LogP contribution in [0.3, 0.4) is 0 Å². The quantitative estimate of drug-likeness (QED) is 0.548. The Morgan fingerprint density at radius 1 is 1.10 bits per heavy atom. The molecule has 2 heterocycles. The van der Waals surface area contributed by atoms with Crippen molar-refractivity contribution in [2.45, 2.75) is 25.7 Å². The molecule has 0 saturated heterocycles. The second-order valence-electron chi connectivity index (χ2n) is 6.87. The summed E-state index contributed by atoms with van der Waals surface area (Å²) in [6.07, 6.45) is -4.69. The van der Waals surface area contributed by atoms with Gasteiger partial charge in [0.1, 0.15) is 17.7 Å². The maximum absolute atomic E-state index is 13.4. The molecule has 0 aliphatic carbocycles. The van der Waals surface area contributed by atoms with E-state index in [1.165, 1.54) is 35.2 Å². The van der Waals surface area contributed by atoms with E-state index in [2.05, 4.69) is 10.2 Å². The van der Waals surface area contributed by atoms with Crippen molar-refractivity contribution in [3.63, 3.8) is 0 Å². The molecule has 1 amide bonds. The second kappa shape index (κ2) is 7.39. The molecule has 1 aliphatic rings. The van der Waals surface area contributed by atoms with Crippen LogP contribution in [-0.4, -0.2) is 32.1 Å². The lowest BCUT2D eigenvalue weighted by molar-refractivity contribution is -0.137. The van der Waals surface area contributed by atoms with E-state index in [-0.39, 0.29) is 12.1 Å². The third-order valence-corrected chi connectivity index (χ3v) is 5.47. The number of nitrogens with zero attached hydrogens (tertiary/aromatic N) is 4. The van der Waals surface area contributed by atoms with Gasteiger partial charge in [-0.2, -0.15) is 13.2 Å². The van der Waals surface area contributed by atoms with E-state index in [1.54, 1.807) is 6.92 Å². The molecule has 0 unspecified atom stereocenters. The molecular weight excluding hydrogens is 424 g/mol. The molecule has 4 rings (SSSR count). The molecule has 0 bridgehead atoms. The molecule has 156 valence electrons. The minimum Gasteiger partial charge on any atom is -0.322 e. The Balaban J connectivity index is 1.81. The van der Waals surface area contributed by atoms with Crippen LogP contribution in [0.4, 0.5) is 17.6 Å². The van der Waals surface area contributed by atoms with Crippen molar-refractivity contribution < 1.29 is 22.4 Å². The van der Waals surface area contributed by atoms with Crippen molar-refractivity contribution in [1.82, 2.24) is 19.7 Å². The zero-order valence-electron chi connectivity index (χ0n) is 15.6. The van der Waals surface area contributed by atoms with E-state index >= 15 is 0 Å². The number of alkyl halides is 3. The first kappa shape index (κ1) is 20.3. The fourth-order valence-electron chi connectivity index (χ4n) is 3.62. The number of carbonyl (C=O) groups is 1. The summed E-state index contributed by atoms with van der Waals surface area (Å²) in [7, 11) is 0. The van der Waals surface area contributed by atoms with Gasteiger partial charge in [0, 0.05) is 13.1 Å². The van der Waals surface area contributed by atoms with Gasteiger partial charge in [-0.1, -0.05) is 29.8 Å². The molecule has 1 aliphatic heterocycles. The van der Waals surface area contributed by atoms with Crippen LogP contribution in [0, 0.1) is 12.7 Å². The third kappa shape index (κ3) is 3.43. The number of hydrogen-bond acceptors (Lipinski definition) is 3. The van der Waals surface area contributed by atoms with E-state index in [1.807, 2.05) is 4.57 Å². The van der Waals surface area contributed by atoms with Crippen LogP contribution in [0.5, 0.6) is 0 Å². The van der Waals surface area contributed by atoms with E-state index < -0.39 is 34.5 Å². The summed E-state index contributed by atoms with van der Waals surface area (Å²) >= 11 is 5.98. The lowest BCUT2D eigenvalue weighted by Gasteiger charge is -2.36. The standard InChI is InChI=1S/C20H15ClF4N4O/c1-11-26-27-18-17(12-5-7-13(22)8-6-12)29(10-9-28(11)18)19(30)14-3-2-4-15(16(14)21)20(23,24)25/h2-8,17H,9-10H2,1H3/t17-/m0/s1. The molecular formula is C20H15ClF4N4O. The molecule has 3 aromatic rings. The minimum absolute atomic E-state index is 0.194. The highest BCUT2D eigenvalue weighted by atomic mass is 35.5. The lowest BCUT2D eigenvalue weighted by atomic mass is 10.0. The second-order valence-corrected chi connectivity index (χ2v) is 7.25. The maximum atomic E-state index is 13.4. The predicted molar refractivity (Wildman–Crippen MR) is 100 cm³/mol. The number of halogens is 5. The number of amides is 1.